The van der Waals surface area contributed by atoms with Crippen LogP contribution in [0.5, 0.6) is 0 Å². The molecule has 0 aromatic heterocycles. The van der Waals surface area contributed by atoms with Crippen molar-refractivity contribution in [2.45, 2.75) is 37.5 Å². The Bertz CT molecular complexity index is 813. The fourth-order valence-electron chi connectivity index (χ4n) is 3.63. The number of hydrogen-bond donors (Lipinski definition) is 1. The second kappa shape index (κ2) is 7.77. The molecule has 2 aromatic rings. The lowest BCUT2D eigenvalue weighted by Crippen LogP contribution is -2.49. The van der Waals surface area contributed by atoms with Crippen molar-refractivity contribution >= 4 is 5.91 Å². The summed E-state index contributed by atoms with van der Waals surface area (Å²) in [5.41, 5.74) is 0.242. The van der Waals surface area contributed by atoms with Gasteiger partial charge in [0.2, 0.25) is 5.91 Å². The Kier molecular flexibility index (Phi) is 5.61. The van der Waals surface area contributed by atoms with Gasteiger partial charge in [0.1, 0.15) is 11.6 Å². The van der Waals surface area contributed by atoms with Crippen molar-refractivity contribution in [2.24, 2.45) is 0 Å². The van der Waals surface area contributed by atoms with E-state index in [2.05, 4.69) is 5.32 Å². The molecule has 0 spiro atoms. The van der Waals surface area contributed by atoms with E-state index in [0.29, 0.717) is 38.2 Å². The molecule has 2 aromatic carbocycles. The first-order valence-electron chi connectivity index (χ1n) is 9.22. The van der Waals surface area contributed by atoms with Gasteiger partial charge < -0.3 is 10.1 Å². The van der Waals surface area contributed by atoms with Crippen molar-refractivity contribution in [3.05, 3.63) is 71.3 Å². The zero-order chi connectivity index (χ0) is 19.5. The van der Waals surface area contributed by atoms with Crippen LogP contribution in [0.4, 0.5) is 8.78 Å². The van der Waals surface area contributed by atoms with Crippen molar-refractivity contribution in [2.75, 3.05) is 19.8 Å². The third kappa shape index (κ3) is 4.19. The molecule has 0 unspecified atom stereocenters. The average molecular weight is 373 g/mol. The number of carbonyl (C=O) groups is 1. The quantitative estimate of drug-likeness (QED) is 0.857. The van der Waals surface area contributed by atoms with Gasteiger partial charge in [0, 0.05) is 25.2 Å². The summed E-state index contributed by atoms with van der Waals surface area (Å²) in [5, 5.41) is 3.03. The number of rotatable bonds is 5. The van der Waals surface area contributed by atoms with Crippen LogP contribution in [0.2, 0.25) is 0 Å². The van der Waals surface area contributed by atoms with Crippen LogP contribution in [-0.2, 0) is 20.4 Å². The van der Waals surface area contributed by atoms with E-state index in [1.165, 1.54) is 24.3 Å². The highest BCUT2D eigenvalue weighted by Crippen LogP contribution is 2.35. The smallest absolute Gasteiger partial charge is 0.230 e. The maximum absolute atomic E-state index is 13.8. The highest BCUT2D eigenvalue weighted by molar-refractivity contribution is 5.87. The van der Waals surface area contributed by atoms with Crippen molar-refractivity contribution in [1.29, 1.82) is 0 Å². The lowest BCUT2D eigenvalue weighted by molar-refractivity contribution is -0.126. The molecular formula is C22H25F2NO2. The first kappa shape index (κ1) is 19.5. The Morgan fingerprint density at radius 2 is 1.70 bits per heavy atom. The Balaban J connectivity index is 1.80. The minimum absolute atomic E-state index is 0.185. The van der Waals surface area contributed by atoms with E-state index in [4.69, 9.17) is 4.74 Å². The van der Waals surface area contributed by atoms with Gasteiger partial charge >= 0.3 is 0 Å². The number of benzene rings is 2. The molecule has 0 bridgehead atoms. The monoisotopic (exact) mass is 373 g/mol. The van der Waals surface area contributed by atoms with E-state index < -0.39 is 5.41 Å². The molecule has 1 heterocycles. The third-order valence-corrected chi connectivity index (χ3v) is 5.59. The Hall–Kier alpha value is -2.27. The van der Waals surface area contributed by atoms with Gasteiger partial charge in [0.15, 0.2) is 0 Å². The van der Waals surface area contributed by atoms with Crippen molar-refractivity contribution in [1.82, 2.24) is 5.32 Å². The second-order valence-electron chi connectivity index (χ2n) is 7.72. The summed E-state index contributed by atoms with van der Waals surface area (Å²) in [4.78, 5) is 12.9. The van der Waals surface area contributed by atoms with E-state index in [1.54, 1.807) is 32.0 Å². The van der Waals surface area contributed by atoms with Gasteiger partial charge in [-0.1, -0.05) is 24.3 Å². The minimum atomic E-state index is -0.879. The van der Waals surface area contributed by atoms with Crippen molar-refractivity contribution < 1.29 is 18.3 Å². The summed E-state index contributed by atoms with van der Waals surface area (Å²) in [6.45, 7) is 5.07. The summed E-state index contributed by atoms with van der Waals surface area (Å²) < 4.78 is 32.8. The van der Waals surface area contributed by atoms with Crippen LogP contribution >= 0.6 is 0 Å². The molecule has 0 radical (unpaired) electrons. The Morgan fingerprint density at radius 3 is 2.33 bits per heavy atom. The molecule has 5 heteroatoms. The fraction of sp³-hybridized carbons (Fsp3) is 0.409. The lowest BCUT2D eigenvalue weighted by atomic mass is 9.73. The molecule has 3 nitrogen and oxygen atoms in total. The maximum atomic E-state index is 13.8. The predicted molar refractivity (Wildman–Crippen MR) is 101 cm³/mol. The summed E-state index contributed by atoms with van der Waals surface area (Å²) in [6.07, 6.45) is 1.41. The molecule has 0 saturated carbocycles. The van der Waals surface area contributed by atoms with E-state index in [9.17, 15) is 13.6 Å². The number of amides is 1. The van der Waals surface area contributed by atoms with Gasteiger partial charge in [-0.25, -0.2) is 8.78 Å². The van der Waals surface area contributed by atoms with Crippen LogP contribution < -0.4 is 5.32 Å². The van der Waals surface area contributed by atoms with Gasteiger partial charge in [0.05, 0.1) is 5.41 Å². The highest BCUT2D eigenvalue weighted by Gasteiger charge is 2.37. The van der Waals surface area contributed by atoms with Crippen LogP contribution in [0.25, 0.3) is 0 Å². The largest absolute Gasteiger partial charge is 0.381 e. The van der Waals surface area contributed by atoms with Crippen LogP contribution in [0.15, 0.2) is 48.5 Å². The van der Waals surface area contributed by atoms with Gasteiger partial charge in [-0.05, 0) is 62.1 Å². The van der Waals surface area contributed by atoms with Gasteiger partial charge in [0.25, 0.3) is 0 Å². The van der Waals surface area contributed by atoms with E-state index in [0.717, 1.165) is 5.56 Å². The van der Waals surface area contributed by atoms with Crippen molar-refractivity contribution in [3.8, 4) is 0 Å². The summed E-state index contributed by atoms with van der Waals surface area (Å²) in [7, 11) is 0. The van der Waals surface area contributed by atoms with Crippen LogP contribution in [0.1, 0.15) is 37.8 Å². The zero-order valence-corrected chi connectivity index (χ0v) is 15.7. The minimum Gasteiger partial charge on any atom is -0.381 e. The molecule has 1 aliphatic rings. The molecular weight excluding hydrogens is 348 g/mol. The summed E-state index contributed by atoms with van der Waals surface area (Å²) in [5.74, 6) is -0.839. The van der Waals surface area contributed by atoms with E-state index in [1.807, 2.05) is 6.07 Å². The SMILES string of the molecule is CC(C)(C(=O)NCC1(c2cccc(F)c2)CCOCC1)c1cccc(F)c1. The molecule has 3 rings (SSSR count). The van der Waals surface area contributed by atoms with Crippen LogP contribution in [0.3, 0.4) is 0 Å². The molecule has 1 amide bonds. The first-order valence-corrected chi connectivity index (χ1v) is 9.22. The molecule has 1 aliphatic heterocycles. The average Bonchev–Trinajstić information content (AvgIpc) is 2.67. The first-order chi connectivity index (χ1) is 12.8. The second-order valence-corrected chi connectivity index (χ2v) is 7.72. The molecule has 0 atom stereocenters. The van der Waals surface area contributed by atoms with Crippen molar-refractivity contribution in [3.63, 3.8) is 0 Å². The normalized spacial score (nSPS) is 16.7. The highest BCUT2D eigenvalue weighted by atomic mass is 19.1. The van der Waals surface area contributed by atoms with Gasteiger partial charge in [-0.3, -0.25) is 4.79 Å². The Morgan fingerprint density at radius 1 is 1.07 bits per heavy atom. The summed E-state index contributed by atoms with van der Waals surface area (Å²) >= 11 is 0. The van der Waals surface area contributed by atoms with Crippen LogP contribution in [0, 0.1) is 11.6 Å². The number of carbonyl (C=O) groups excluding carboxylic acids is 1. The standard InChI is InChI=1S/C22H25F2NO2/c1-21(2,16-5-3-7-18(23)13-16)20(26)25-15-22(9-11-27-12-10-22)17-6-4-8-19(24)14-17/h3-8,13-14H,9-12,15H2,1-2H3,(H,25,26). The van der Waals surface area contributed by atoms with E-state index in [-0.39, 0.29) is 23.0 Å². The number of nitrogens with one attached hydrogen (secondary N) is 1. The molecule has 0 aliphatic carbocycles. The van der Waals surface area contributed by atoms with Gasteiger partial charge in [-0.2, -0.15) is 0 Å². The Labute approximate surface area is 158 Å². The maximum Gasteiger partial charge on any atom is 0.230 e. The third-order valence-electron chi connectivity index (χ3n) is 5.59. The predicted octanol–water partition coefficient (Wildman–Crippen LogP) is 4.11. The number of hydrogen-bond acceptors (Lipinski definition) is 2. The zero-order valence-electron chi connectivity index (χ0n) is 15.7. The fourth-order valence-corrected chi connectivity index (χ4v) is 3.63. The molecule has 1 saturated heterocycles. The summed E-state index contributed by atoms with van der Waals surface area (Å²) in [6, 6.07) is 12.6. The lowest BCUT2D eigenvalue weighted by Gasteiger charge is -2.39. The molecule has 144 valence electrons. The topological polar surface area (TPSA) is 38.3 Å². The molecule has 27 heavy (non-hydrogen) atoms. The van der Waals surface area contributed by atoms with Gasteiger partial charge in [-0.15, -0.1) is 0 Å². The molecule has 1 N–H and O–H groups in total. The number of ether oxygens (including phenoxy) is 1. The van der Waals surface area contributed by atoms with Crippen LogP contribution in [-0.4, -0.2) is 25.7 Å². The number of halogens is 2. The molecule has 1 fully saturated rings. The van der Waals surface area contributed by atoms with E-state index >= 15 is 0 Å².